The van der Waals surface area contributed by atoms with Crippen molar-refractivity contribution in [2.75, 3.05) is 6.61 Å². The number of carboxylic acids is 1. The van der Waals surface area contributed by atoms with E-state index in [0.717, 1.165) is 22.1 Å². The largest absolute Gasteiger partial charge is 0.477 e. The van der Waals surface area contributed by atoms with Crippen LogP contribution in [0.4, 0.5) is 0 Å². The minimum atomic E-state index is -0.898. The molecule has 0 saturated carbocycles. The zero-order chi connectivity index (χ0) is 14.8. The molecule has 1 atom stereocenters. The normalized spacial score (nSPS) is 14.3. The minimum absolute atomic E-state index is 0.0218. The summed E-state index contributed by atoms with van der Waals surface area (Å²) in [6, 6.07) is 7.69. The Morgan fingerprint density at radius 2 is 2.10 bits per heavy atom. The topological polar surface area (TPSA) is 69.6 Å². The summed E-state index contributed by atoms with van der Waals surface area (Å²) in [6.07, 6.45) is 0.772. The van der Waals surface area contributed by atoms with Gasteiger partial charge in [0.1, 0.15) is 4.88 Å². The molecule has 20 heavy (non-hydrogen) atoms. The number of thiophene rings is 1. The molecule has 0 radical (unpaired) electrons. The number of benzene rings is 1. The predicted molar refractivity (Wildman–Crippen MR) is 81.4 cm³/mol. The van der Waals surface area contributed by atoms with Crippen molar-refractivity contribution in [2.45, 2.75) is 32.4 Å². The van der Waals surface area contributed by atoms with Gasteiger partial charge in [-0.2, -0.15) is 0 Å². The summed E-state index contributed by atoms with van der Waals surface area (Å²) in [4.78, 5) is 11.8. The highest BCUT2D eigenvalue weighted by molar-refractivity contribution is 7.21. The van der Waals surface area contributed by atoms with Crippen molar-refractivity contribution in [1.29, 1.82) is 0 Å². The van der Waals surface area contributed by atoms with Crippen LogP contribution in [0, 0.1) is 0 Å². The zero-order valence-corrected chi connectivity index (χ0v) is 12.5. The molecule has 0 bridgehead atoms. The van der Waals surface area contributed by atoms with Crippen LogP contribution in [-0.4, -0.2) is 28.3 Å². The van der Waals surface area contributed by atoms with E-state index in [1.54, 1.807) is 0 Å². The lowest BCUT2D eigenvalue weighted by molar-refractivity contribution is 0.0700. The first kappa shape index (κ1) is 15.0. The fraction of sp³-hybridized carbons (Fsp3) is 0.400. The third-order valence-corrected chi connectivity index (χ3v) is 4.91. The van der Waals surface area contributed by atoms with E-state index >= 15 is 0 Å². The van der Waals surface area contributed by atoms with E-state index in [-0.39, 0.29) is 6.61 Å². The monoisotopic (exact) mass is 293 g/mol. The first-order valence-electron chi connectivity index (χ1n) is 6.60. The molecule has 108 valence electrons. The number of carbonyl (C=O) groups is 1. The summed E-state index contributed by atoms with van der Waals surface area (Å²) in [7, 11) is 0. The molecule has 0 amide bonds. The van der Waals surface area contributed by atoms with E-state index in [4.69, 9.17) is 0 Å². The third kappa shape index (κ3) is 2.85. The number of aliphatic hydroxyl groups is 1. The Balaban J connectivity index is 2.37. The summed E-state index contributed by atoms with van der Waals surface area (Å²) < 4.78 is 0.976. The fourth-order valence-corrected chi connectivity index (χ4v) is 3.10. The Morgan fingerprint density at radius 1 is 1.40 bits per heavy atom. The molecule has 1 aromatic carbocycles. The molecular formula is C15H19NO3S. The maximum absolute atomic E-state index is 11.4. The Morgan fingerprint density at radius 3 is 2.70 bits per heavy atom. The summed E-state index contributed by atoms with van der Waals surface area (Å²) in [5.41, 5.74) is 0.407. The lowest BCUT2D eigenvalue weighted by Crippen LogP contribution is -2.44. The highest BCUT2D eigenvalue weighted by Crippen LogP contribution is 2.31. The van der Waals surface area contributed by atoms with Crippen LogP contribution in [0.15, 0.2) is 24.3 Å². The molecule has 0 aliphatic carbocycles. The van der Waals surface area contributed by atoms with Gasteiger partial charge in [0, 0.05) is 16.8 Å². The fourth-order valence-electron chi connectivity index (χ4n) is 2.04. The molecule has 0 fully saturated rings. The standard InChI is InChI=1S/C15H19NO3S/c1-3-15(2,9-17)16-8-11-10-6-4-5-7-12(10)20-13(11)14(18)19/h4-7,16-17H,3,8-9H2,1-2H3,(H,18,19). The number of hydrogen-bond donors (Lipinski definition) is 3. The Hall–Kier alpha value is -1.43. The summed E-state index contributed by atoms with van der Waals surface area (Å²) in [5, 5.41) is 23.0. The molecule has 1 unspecified atom stereocenters. The molecule has 1 heterocycles. The van der Waals surface area contributed by atoms with Crippen LogP contribution in [0.3, 0.4) is 0 Å². The van der Waals surface area contributed by atoms with E-state index in [0.29, 0.717) is 11.4 Å². The van der Waals surface area contributed by atoms with Crippen LogP contribution in [-0.2, 0) is 6.54 Å². The van der Waals surface area contributed by atoms with Crippen molar-refractivity contribution in [3.8, 4) is 0 Å². The first-order chi connectivity index (χ1) is 9.50. The maximum atomic E-state index is 11.4. The van der Waals surface area contributed by atoms with Crippen LogP contribution in [0.2, 0.25) is 0 Å². The number of nitrogens with one attached hydrogen (secondary N) is 1. The lowest BCUT2D eigenvalue weighted by atomic mass is 9.99. The van der Waals surface area contributed by atoms with E-state index in [1.807, 2.05) is 38.1 Å². The molecule has 0 saturated heterocycles. The van der Waals surface area contributed by atoms with Crippen LogP contribution < -0.4 is 5.32 Å². The van der Waals surface area contributed by atoms with E-state index in [2.05, 4.69) is 5.32 Å². The number of hydrogen-bond acceptors (Lipinski definition) is 4. The lowest BCUT2D eigenvalue weighted by Gasteiger charge is -2.27. The third-order valence-electron chi connectivity index (χ3n) is 3.71. The van der Waals surface area contributed by atoms with Crippen LogP contribution in [0.1, 0.15) is 35.5 Å². The molecule has 2 rings (SSSR count). The van der Waals surface area contributed by atoms with Gasteiger partial charge >= 0.3 is 5.97 Å². The van der Waals surface area contributed by atoms with Gasteiger partial charge < -0.3 is 15.5 Å². The van der Waals surface area contributed by atoms with Gasteiger partial charge in [-0.25, -0.2) is 4.79 Å². The second-order valence-corrected chi connectivity index (χ2v) is 6.19. The van der Waals surface area contributed by atoms with Gasteiger partial charge in [-0.1, -0.05) is 25.1 Å². The van der Waals surface area contributed by atoms with Crippen molar-refractivity contribution in [2.24, 2.45) is 0 Å². The molecular weight excluding hydrogens is 274 g/mol. The van der Waals surface area contributed by atoms with Gasteiger partial charge in [0.05, 0.1) is 6.61 Å². The SMILES string of the molecule is CCC(C)(CO)NCc1c(C(=O)O)sc2ccccc12. The Bertz CT molecular complexity index is 617. The van der Waals surface area contributed by atoms with Gasteiger partial charge in [0.15, 0.2) is 0 Å². The average Bonchev–Trinajstić information content (AvgIpc) is 2.84. The van der Waals surface area contributed by atoms with Gasteiger partial charge in [-0.15, -0.1) is 11.3 Å². The molecule has 0 spiro atoms. The maximum Gasteiger partial charge on any atom is 0.346 e. The highest BCUT2D eigenvalue weighted by Gasteiger charge is 2.23. The van der Waals surface area contributed by atoms with Crippen LogP contribution in [0.25, 0.3) is 10.1 Å². The highest BCUT2D eigenvalue weighted by atomic mass is 32.1. The Kier molecular flexibility index (Phi) is 4.42. The smallest absolute Gasteiger partial charge is 0.346 e. The number of carboxylic acid groups (broad SMARTS) is 1. The van der Waals surface area contributed by atoms with Gasteiger partial charge in [-0.05, 0) is 30.4 Å². The van der Waals surface area contributed by atoms with E-state index in [9.17, 15) is 15.0 Å². The molecule has 0 aliphatic rings. The van der Waals surface area contributed by atoms with Crippen LogP contribution in [0.5, 0.6) is 0 Å². The van der Waals surface area contributed by atoms with Crippen molar-refractivity contribution in [3.63, 3.8) is 0 Å². The minimum Gasteiger partial charge on any atom is -0.477 e. The van der Waals surface area contributed by atoms with Crippen LogP contribution >= 0.6 is 11.3 Å². The number of aromatic carboxylic acids is 1. The first-order valence-corrected chi connectivity index (χ1v) is 7.42. The number of rotatable bonds is 6. The van der Waals surface area contributed by atoms with E-state index < -0.39 is 11.5 Å². The number of fused-ring (bicyclic) bond motifs is 1. The quantitative estimate of drug-likeness (QED) is 0.766. The van der Waals surface area contributed by atoms with Crippen molar-refractivity contribution >= 4 is 27.4 Å². The molecule has 2 aromatic rings. The summed E-state index contributed by atoms with van der Waals surface area (Å²) in [5.74, 6) is -0.898. The molecule has 3 N–H and O–H groups in total. The number of aliphatic hydroxyl groups excluding tert-OH is 1. The summed E-state index contributed by atoms with van der Waals surface area (Å²) >= 11 is 1.30. The zero-order valence-electron chi connectivity index (χ0n) is 11.6. The van der Waals surface area contributed by atoms with Gasteiger partial charge in [0.25, 0.3) is 0 Å². The average molecular weight is 293 g/mol. The molecule has 4 nitrogen and oxygen atoms in total. The van der Waals surface area contributed by atoms with Gasteiger partial charge in [-0.3, -0.25) is 0 Å². The molecule has 1 aromatic heterocycles. The Labute approximate surface area is 122 Å². The van der Waals surface area contributed by atoms with Gasteiger partial charge in [0.2, 0.25) is 0 Å². The van der Waals surface area contributed by atoms with Crippen molar-refractivity contribution < 1.29 is 15.0 Å². The van der Waals surface area contributed by atoms with E-state index in [1.165, 1.54) is 11.3 Å². The second-order valence-electron chi connectivity index (χ2n) is 5.14. The second kappa shape index (κ2) is 5.91. The van der Waals surface area contributed by atoms with Crippen molar-refractivity contribution in [1.82, 2.24) is 5.32 Å². The molecule has 5 heteroatoms. The predicted octanol–water partition coefficient (Wildman–Crippen LogP) is 2.85. The molecule has 0 aliphatic heterocycles. The summed E-state index contributed by atoms with van der Waals surface area (Å²) in [6.45, 7) is 4.39. The van der Waals surface area contributed by atoms with Crippen molar-refractivity contribution in [3.05, 3.63) is 34.7 Å².